The Morgan fingerprint density at radius 1 is 1.35 bits per heavy atom. The predicted molar refractivity (Wildman–Crippen MR) is 114 cm³/mol. The molecule has 1 aromatic heterocycles. The van der Waals surface area contributed by atoms with Gasteiger partial charge in [0.1, 0.15) is 0 Å². The lowest BCUT2D eigenvalue weighted by Gasteiger charge is -2.12. The Bertz CT molecular complexity index is 825. The van der Waals surface area contributed by atoms with E-state index in [1.807, 2.05) is 32.2 Å². The van der Waals surface area contributed by atoms with Crippen LogP contribution in [0, 0.1) is 6.92 Å². The van der Waals surface area contributed by atoms with Crippen molar-refractivity contribution in [1.82, 2.24) is 9.99 Å². The summed E-state index contributed by atoms with van der Waals surface area (Å²) in [5.74, 6) is 0. The van der Waals surface area contributed by atoms with Crippen LogP contribution in [0.25, 0.3) is 10.9 Å². The van der Waals surface area contributed by atoms with Crippen molar-refractivity contribution < 1.29 is 8.42 Å². The highest BCUT2D eigenvalue weighted by atomic mass is 35.5. The molecule has 0 aliphatic heterocycles. The molecule has 0 saturated carbocycles. The number of H-pyrrole nitrogens is 1. The quantitative estimate of drug-likeness (QED) is 0.592. The molecule has 1 heterocycles. The Morgan fingerprint density at radius 2 is 1.92 bits per heavy atom. The van der Waals surface area contributed by atoms with Crippen LogP contribution in [-0.4, -0.2) is 51.0 Å². The average molecular weight is 401 g/mol. The standard InChI is InChI=1S/C9H8ClN.C8H16N2O2S.CH5N/c1-6-3-2-4-7-8(10)5-11-9(6)7;1-5-10(6-2)9-7-8(3)13(4,11)12;1-2/h2-5,11H,1H3;7H,3,5-6H2,1-2,4H3;2H2,1H3/b;9-7-;. The molecule has 146 valence electrons. The molecule has 1 aromatic carbocycles. The van der Waals surface area contributed by atoms with Gasteiger partial charge in [-0.15, -0.1) is 0 Å². The topological polar surface area (TPSA) is 91.6 Å². The van der Waals surface area contributed by atoms with E-state index in [4.69, 9.17) is 11.6 Å². The smallest absolute Gasteiger partial charge is 0.176 e. The number of halogens is 1. The lowest BCUT2D eigenvalue weighted by molar-refractivity contribution is 0.323. The zero-order chi connectivity index (χ0) is 20.3. The molecule has 0 aliphatic carbocycles. The average Bonchev–Trinajstić information content (AvgIpc) is 3.00. The lowest BCUT2D eigenvalue weighted by Crippen LogP contribution is -2.16. The van der Waals surface area contributed by atoms with Crippen LogP contribution < -0.4 is 5.73 Å². The first-order chi connectivity index (χ1) is 12.2. The van der Waals surface area contributed by atoms with E-state index in [0.29, 0.717) is 0 Å². The van der Waals surface area contributed by atoms with E-state index in [2.05, 4.69) is 35.4 Å². The number of sulfone groups is 1. The Balaban J connectivity index is 0.000000441. The van der Waals surface area contributed by atoms with Gasteiger partial charge in [0.05, 0.1) is 16.1 Å². The van der Waals surface area contributed by atoms with Gasteiger partial charge in [-0.3, -0.25) is 5.01 Å². The molecule has 26 heavy (non-hydrogen) atoms. The van der Waals surface area contributed by atoms with Gasteiger partial charge in [0, 0.05) is 36.4 Å². The summed E-state index contributed by atoms with van der Waals surface area (Å²) in [7, 11) is -1.69. The Kier molecular flexibility index (Phi) is 10.9. The summed E-state index contributed by atoms with van der Waals surface area (Å²) in [5, 5.41) is 7.60. The molecule has 0 radical (unpaired) electrons. The van der Waals surface area contributed by atoms with Gasteiger partial charge in [-0.25, -0.2) is 8.42 Å². The highest BCUT2D eigenvalue weighted by Crippen LogP contribution is 2.24. The monoisotopic (exact) mass is 400 g/mol. The number of nitrogens with zero attached hydrogens (tertiary/aromatic N) is 2. The number of hydrazone groups is 1. The van der Waals surface area contributed by atoms with Gasteiger partial charge in [-0.1, -0.05) is 36.4 Å². The SMILES string of the molecule is C=C(/C=N\N(CC)CC)S(C)(=O)=O.CN.Cc1cccc2c(Cl)c[nH]c12. The largest absolute Gasteiger partial charge is 0.360 e. The second kappa shape index (κ2) is 11.7. The number of benzene rings is 1. The van der Waals surface area contributed by atoms with Gasteiger partial charge in [0.15, 0.2) is 9.84 Å². The van der Waals surface area contributed by atoms with Crippen molar-refractivity contribution in [2.45, 2.75) is 20.8 Å². The van der Waals surface area contributed by atoms with E-state index >= 15 is 0 Å². The van der Waals surface area contributed by atoms with Crippen LogP contribution in [0.2, 0.25) is 5.02 Å². The van der Waals surface area contributed by atoms with Crippen LogP contribution in [0.3, 0.4) is 0 Å². The maximum absolute atomic E-state index is 10.9. The number of hydrogen-bond acceptors (Lipinski definition) is 5. The van der Waals surface area contributed by atoms with Crippen molar-refractivity contribution in [3.8, 4) is 0 Å². The van der Waals surface area contributed by atoms with Gasteiger partial charge >= 0.3 is 0 Å². The fraction of sp³-hybridized carbons (Fsp3) is 0.389. The third-order valence-electron chi connectivity index (χ3n) is 3.44. The van der Waals surface area contributed by atoms with Gasteiger partial charge in [-0.05, 0) is 33.4 Å². The van der Waals surface area contributed by atoms with E-state index in [0.717, 1.165) is 35.3 Å². The minimum Gasteiger partial charge on any atom is -0.360 e. The van der Waals surface area contributed by atoms with Crippen LogP contribution in [0.1, 0.15) is 19.4 Å². The van der Waals surface area contributed by atoms with Gasteiger partial charge in [0.25, 0.3) is 0 Å². The minimum absolute atomic E-state index is 0.0411. The molecule has 0 unspecified atom stereocenters. The number of para-hydroxylation sites is 1. The number of aromatic amines is 1. The van der Waals surface area contributed by atoms with Crippen LogP contribution >= 0.6 is 11.6 Å². The van der Waals surface area contributed by atoms with Crippen LogP contribution in [-0.2, 0) is 9.84 Å². The fourth-order valence-electron chi connectivity index (χ4n) is 1.90. The molecule has 8 heteroatoms. The van der Waals surface area contributed by atoms with E-state index in [-0.39, 0.29) is 4.91 Å². The Labute approximate surface area is 161 Å². The van der Waals surface area contributed by atoms with Crippen LogP contribution in [0.15, 0.2) is 41.0 Å². The van der Waals surface area contributed by atoms with Crippen molar-refractivity contribution in [3.05, 3.63) is 46.5 Å². The summed E-state index contributed by atoms with van der Waals surface area (Å²) in [6.45, 7) is 10.9. The second-order valence-electron chi connectivity index (χ2n) is 5.26. The van der Waals surface area contributed by atoms with Crippen LogP contribution in [0.5, 0.6) is 0 Å². The number of hydrogen-bond donors (Lipinski definition) is 2. The third-order valence-corrected chi connectivity index (χ3v) is 4.82. The highest BCUT2D eigenvalue weighted by Gasteiger charge is 2.05. The number of aromatic nitrogens is 1. The molecule has 2 rings (SSSR count). The summed E-state index contributed by atoms with van der Waals surface area (Å²) in [6.07, 6.45) is 4.21. The number of nitrogens with two attached hydrogens (primary N) is 1. The van der Waals surface area contributed by atoms with Gasteiger partial charge in [-0.2, -0.15) is 5.10 Å². The molecule has 0 atom stereocenters. The van der Waals surface area contributed by atoms with E-state index in [1.165, 1.54) is 18.8 Å². The highest BCUT2D eigenvalue weighted by molar-refractivity contribution is 7.95. The number of fused-ring (bicyclic) bond motifs is 1. The van der Waals surface area contributed by atoms with Crippen molar-refractivity contribution in [2.24, 2.45) is 10.8 Å². The molecular formula is C18H29ClN4O2S. The molecule has 0 aliphatic rings. The molecule has 0 saturated heterocycles. The van der Waals surface area contributed by atoms with Crippen molar-refractivity contribution >= 4 is 38.6 Å². The number of allylic oxidation sites excluding steroid dienone is 1. The van der Waals surface area contributed by atoms with Crippen molar-refractivity contribution in [1.29, 1.82) is 0 Å². The Morgan fingerprint density at radius 3 is 2.38 bits per heavy atom. The molecular weight excluding hydrogens is 372 g/mol. The zero-order valence-corrected chi connectivity index (χ0v) is 17.7. The molecule has 6 nitrogen and oxygen atoms in total. The van der Waals surface area contributed by atoms with E-state index < -0.39 is 9.84 Å². The fourth-order valence-corrected chi connectivity index (χ4v) is 2.35. The number of aryl methyl sites for hydroxylation is 1. The predicted octanol–water partition coefficient (Wildman–Crippen LogP) is 3.58. The van der Waals surface area contributed by atoms with E-state index in [9.17, 15) is 8.42 Å². The number of rotatable bonds is 5. The minimum atomic E-state index is -3.19. The van der Waals surface area contributed by atoms with Gasteiger partial charge in [0.2, 0.25) is 0 Å². The summed E-state index contributed by atoms with van der Waals surface area (Å²) in [5.41, 5.74) is 6.87. The molecule has 0 amide bonds. The maximum atomic E-state index is 10.9. The third kappa shape index (κ3) is 7.59. The molecule has 0 fully saturated rings. The summed E-state index contributed by atoms with van der Waals surface area (Å²) < 4.78 is 21.8. The maximum Gasteiger partial charge on any atom is 0.176 e. The first kappa shape index (κ1) is 24.2. The first-order valence-electron chi connectivity index (χ1n) is 8.18. The summed E-state index contributed by atoms with van der Waals surface area (Å²) in [6, 6.07) is 6.09. The Hall–Kier alpha value is -1.83. The van der Waals surface area contributed by atoms with Crippen LogP contribution in [0.4, 0.5) is 0 Å². The normalized spacial score (nSPS) is 10.7. The molecule has 0 spiro atoms. The lowest BCUT2D eigenvalue weighted by atomic mass is 10.2. The summed E-state index contributed by atoms with van der Waals surface area (Å²) in [4.78, 5) is 3.17. The zero-order valence-electron chi connectivity index (χ0n) is 16.1. The van der Waals surface area contributed by atoms with E-state index in [1.54, 1.807) is 5.01 Å². The number of nitrogens with one attached hydrogen (secondary N) is 1. The summed E-state index contributed by atoms with van der Waals surface area (Å²) >= 11 is 5.91. The van der Waals surface area contributed by atoms with Gasteiger partial charge < -0.3 is 10.7 Å². The molecule has 0 bridgehead atoms. The molecule has 2 aromatic rings. The second-order valence-corrected chi connectivity index (χ2v) is 7.73. The first-order valence-corrected chi connectivity index (χ1v) is 10.4. The molecule has 3 N–H and O–H groups in total. The van der Waals surface area contributed by atoms with Crippen molar-refractivity contribution in [3.63, 3.8) is 0 Å². The van der Waals surface area contributed by atoms with Crippen molar-refractivity contribution in [2.75, 3.05) is 26.4 Å².